The SMILES string of the molecule is COc1ccc(NC(=O)NC(=O)C2CCNCC2)cc1. The zero-order valence-corrected chi connectivity index (χ0v) is 11.4. The third kappa shape index (κ3) is 3.96. The minimum Gasteiger partial charge on any atom is -0.497 e. The van der Waals surface area contributed by atoms with Crippen LogP contribution in [0.4, 0.5) is 10.5 Å². The summed E-state index contributed by atoms with van der Waals surface area (Å²) in [6.07, 6.45) is 1.53. The molecule has 1 saturated heterocycles. The van der Waals surface area contributed by atoms with E-state index in [1.165, 1.54) is 0 Å². The minimum atomic E-state index is -0.501. The van der Waals surface area contributed by atoms with Crippen molar-refractivity contribution in [2.24, 2.45) is 5.92 Å². The van der Waals surface area contributed by atoms with Crippen molar-refractivity contribution < 1.29 is 14.3 Å². The Hall–Kier alpha value is -2.08. The lowest BCUT2D eigenvalue weighted by Crippen LogP contribution is -2.42. The monoisotopic (exact) mass is 277 g/mol. The third-order valence-electron chi connectivity index (χ3n) is 3.29. The van der Waals surface area contributed by atoms with Gasteiger partial charge in [-0.25, -0.2) is 4.79 Å². The fourth-order valence-electron chi connectivity index (χ4n) is 2.13. The number of rotatable bonds is 3. The summed E-state index contributed by atoms with van der Waals surface area (Å²) in [5.74, 6) is 0.414. The van der Waals surface area contributed by atoms with Crippen molar-refractivity contribution >= 4 is 17.6 Å². The minimum absolute atomic E-state index is 0.0853. The maximum absolute atomic E-state index is 11.9. The van der Waals surface area contributed by atoms with E-state index in [9.17, 15) is 9.59 Å². The highest BCUT2D eigenvalue weighted by Crippen LogP contribution is 2.15. The molecule has 0 bridgehead atoms. The standard InChI is InChI=1S/C14H19N3O3/c1-20-12-4-2-11(3-5-12)16-14(19)17-13(18)10-6-8-15-9-7-10/h2-5,10,15H,6-9H2,1H3,(H2,16,17,18,19). The van der Waals surface area contributed by atoms with Crippen molar-refractivity contribution in [3.8, 4) is 5.75 Å². The summed E-state index contributed by atoms with van der Waals surface area (Å²) in [6, 6.07) is 6.41. The number of urea groups is 1. The average Bonchev–Trinajstić information content (AvgIpc) is 2.49. The fourth-order valence-corrected chi connectivity index (χ4v) is 2.13. The topological polar surface area (TPSA) is 79.5 Å². The van der Waals surface area contributed by atoms with Gasteiger partial charge in [0.2, 0.25) is 5.91 Å². The number of carbonyl (C=O) groups excluding carboxylic acids is 2. The zero-order valence-electron chi connectivity index (χ0n) is 11.4. The van der Waals surface area contributed by atoms with Crippen molar-refractivity contribution in [3.63, 3.8) is 0 Å². The summed E-state index contributed by atoms with van der Waals surface area (Å²) in [6.45, 7) is 1.64. The van der Waals surface area contributed by atoms with Crippen LogP contribution in [0.25, 0.3) is 0 Å². The second kappa shape index (κ2) is 6.91. The number of ether oxygens (including phenoxy) is 1. The molecule has 3 amide bonds. The largest absolute Gasteiger partial charge is 0.497 e. The summed E-state index contributed by atoms with van der Waals surface area (Å²) in [5, 5.41) is 8.18. The van der Waals surface area contributed by atoms with Crippen LogP contribution < -0.4 is 20.7 Å². The molecule has 1 aliphatic rings. The molecule has 0 aromatic heterocycles. The lowest BCUT2D eigenvalue weighted by Gasteiger charge is -2.21. The highest BCUT2D eigenvalue weighted by molar-refractivity contribution is 6.01. The van der Waals surface area contributed by atoms with Gasteiger partial charge in [0.05, 0.1) is 7.11 Å². The molecule has 1 aromatic rings. The van der Waals surface area contributed by atoms with Crippen LogP contribution in [-0.4, -0.2) is 32.1 Å². The molecule has 0 aliphatic carbocycles. The lowest BCUT2D eigenvalue weighted by molar-refractivity contribution is -0.124. The number of benzene rings is 1. The predicted molar refractivity (Wildman–Crippen MR) is 75.7 cm³/mol. The molecule has 0 spiro atoms. The van der Waals surface area contributed by atoms with Gasteiger partial charge < -0.3 is 15.4 Å². The van der Waals surface area contributed by atoms with Gasteiger partial charge in [-0.05, 0) is 50.2 Å². The molecule has 0 atom stereocenters. The molecule has 2 rings (SSSR count). The van der Waals surface area contributed by atoms with Gasteiger partial charge in [-0.15, -0.1) is 0 Å². The van der Waals surface area contributed by atoms with E-state index in [4.69, 9.17) is 4.74 Å². The predicted octanol–water partition coefficient (Wildman–Crippen LogP) is 1.34. The molecule has 1 aromatic carbocycles. The summed E-state index contributed by atoms with van der Waals surface area (Å²) >= 11 is 0. The Morgan fingerprint density at radius 1 is 1.20 bits per heavy atom. The van der Waals surface area contributed by atoms with Gasteiger partial charge in [0.25, 0.3) is 0 Å². The highest BCUT2D eigenvalue weighted by atomic mass is 16.5. The Kier molecular flexibility index (Phi) is 4.95. The molecule has 6 nitrogen and oxygen atoms in total. The van der Waals surface area contributed by atoms with Gasteiger partial charge in [-0.3, -0.25) is 10.1 Å². The Morgan fingerprint density at radius 2 is 1.85 bits per heavy atom. The van der Waals surface area contributed by atoms with E-state index < -0.39 is 6.03 Å². The molecule has 1 fully saturated rings. The second-order valence-corrected chi connectivity index (χ2v) is 4.70. The Balaban J connectivity index is 1.83. The van der Waals surface area contributed by atoms with Crippen molar-refractivity contribution in [1.82, 2.24) is 10.6 Å². The molecule has 20 heavy (non-hydrogen) atoms. The zero-order chi connectivity index (χ0) is 14.4. The summed E-state index contributed by atoms with van der Waals surface area (Å²) in [7, 11) is 1.58. The van der Waals surface area contributed by atoms with Gasteiger partial charge in [0, 0.05) is 11.6 Å². The quantitative estimate of drug-likeness (QED) is 0.779. The van der Waals surface area contributed by atoms with Gasteiger partial charge in [-0.2, -0.15) is 0 Å². The van der Waals surface area contributed by atoms with E-state index in [1.54, 1.807) is 31.4 Å². The average molecular weight is 277 g/mol. The number of methoxy groups -OCH3 is 1. The number of piperidine rings is 1. The van der Waals surface area contributed by atoms with E-state index in [0.29, 0.717) is 11.4 Å². The van der Waals surface area contributed by atoms with Crippen LogP contribution in [0.3, 0.4) is 0 Å². The van der Waals surface area contributed by atoms with Gasteiger partial charge >= 0.3 is 6.03 Å². The number of amides is 3. The third-order valence-corrected chi connectivity index (χ3v) is 3.29. The van der Waals surface area contributed by atoms with E-state index in [0.717, 1.165) is 25.9 Å². The van der Waals surface area contributed by atoms with Gasteiger partial charge in [0.15, 0.2) is 0 Å². The Bertz CT molecular complexity index is 467. The van der Waals surface area contributed by atoms with E-state index in [2.05, 4.69) is 16.0 Å². The molecule has 1 aliphatic heterocycles. The molecule has 1 heterocycles. The lowest BCUT2D eigenvalue weighted by atomic mass is 9.97. The molecule has 3 N–H and O–H groups in total. The van der Waals surface area contributed by atoms with Crippen LogP contribution in [0.5, 0.6) is 5.75 Å². The van der Waals surface area contributed by atoms with Crippen molar-refractivity contribution in [2.45, 2.75) is 12.8 Å². The number of hydrogen-bond donors (Lipinski definition) is 3. The number of nitrogens with one attached hydrogen (secondary N) is 3. The summed E-state index contributed by atoms with van der Waals surface area (Å²) in [4.78, 5) is 23.6. The van der Waals surface area contributed by atoms with Crippen LogP contribution in [-0.2, 0) is 4.79 Å². The number of imide groups is 1. The van der Waals surface area contributed by atoms with E-state index in [1.807, 2.05) is 0 Å². The van der Waals surface area contributed by atoms with E-state index >= 15 is 0 Å². The van der Waals surface area contributed by atoms with Crippen LogP contribution in [0.15, 0.2) is 24.3 Å². The fraction of sp³-hybridized carbons (Fsp3) is 0.429. The molecular formula is C14H19N3O3. The number of carbonyl (C=O) groups is 2. The second-order valence-electron chi connectivity index (χ2n) is 4.70. The smallest absolute Gasteiger partial charge is 0.325 e. The number of anilines is 1. The first-order valence-electron chi connectivity index (χ1n) is 6.65. The van der Waals surface area contributed by atoms with Crippen LogP contribution in [0, 0.1) is 5.92 Å². The van der Waals surface area contributed by atoms with Crippen molar-refractivity contribution in [1.29, 1.82) is 0 Å². The normalized spacial score (nSPS) is 15.4. The van der Waals surface area contributed by atoms with Crippen molar-refractivity contribution in [3.05, 3.63) is 24.3 Å². The van der Waals surface area contributed by atoms with E-state index in [-0.39, 0.29) is 11.8 Å². The molecule has 0 radical (unpaired) electrons. The molecule has 108 valence electrons. The molecule has 0 saturated carbocycles. The summed E-state index contributed by atoms with van der Waals surface area (Å²) in [5.41, 5.74) is 0.612. The van der Waals surface area contributed by atoms with Gasteiger partial charge in [-0.1, -0.05) is 0 Å². The maximum Gasteiger partial charge on any atom is 0.325 e. The number of hydrogen-bond acceptors (Lipinski definition) is 4. The first kappa shape index (κ1) is 14.3. The molecule has 6 heteroatoms. The highest BCUT2D eigenvalue weighted by Gasteiger charge is 2.22. The molecule has 0 unspecified atom stereocenters. The van der Waals surface area contributed by atoms with Crippen LogP contribution in [0.1, 0.15) is 12.8 Å². The first-order chi connectivity index (χ1) is 9.69. The first-order valence-corrected chi connectivity index (χ1v) is 6.65. The Labute approximate surface area is 117 Å². The van der Waals surface area contributed by atoms with Gasteiger partial charge in [0.1, 0.15) is 5.75 Å². The summed E-state index contributed by atoms with van der Waals surface area (Å²) < 4.78 is 5.03. The van der Waals surface area contributed by atoms with Crippen LogP contribution >= 0.6 is 0 Å². The molecular weight excluding hydrogens is 258 g/mol. The van der Waals surface area contributed by atoms with Crippen LogP contribution in [0.2, 0.25) is 0 Å². The van der Waals surface area contributed by atoms with Crippen molar-refractivity contribution in [2.75, 3.05) is 25.5 Å². The maximum atomic E-state index is 11.9. The Morgan fingerprint density at radius 3 is 2.45 bits per heavy atom.